The molecule has 0 aliphatic carbocycles. The Morgan fingerprint density at radius 1 is 1.33 bits per heavy atom. The van der Waals surface area contributed by atoms with Crippen LogP contribution in [0, 0.1) is 0 Å². The maximum absolute atomic E-state index is 11.8. The number of nitrogens with zero attached hydrogens (tertiary/aromatic N) is 1. The molecule has 1 rings (SSSR count). The van der Waals surface area contributed by atoms with Gasteiger partial charge in [-0.3, -0.25) is 20.4 Å². The molecule has 0 aliphatic rings. The van der Waals surface area contributed by atoms with E-state index in [1.807, 2.05) is 0 Å². The van der Waals surface area contributed by atoms with Crippen LogP contribution in [0.5, 0.6) is 0 Å². The molecule has 1 aromatic rings. The number of amides is 2. The van der Waals surface area contributed by atoms with Crippen molar-refractivity contribution in [2.75, 3.05) is 12.0 Å². The highest BCUT2D eigenvalue weighted by atomic mass is 16.2. The van der Waals surface area contributed by atoms with E-state index in [-0.39, 0.29) is 11.8 Å². The minimum Gasteiger partial charge on any atom is -0.370 e. The first kappa shape index (κ1) is 13.9. The lowest BCUT2D eigenvalue weighted by Crippen LogP contribution is -2.26. The van der Waals surface area contributed by atoms with Crippen molar-refractivity contribution < 1.29 is 9.59 Å². The summed E-state index contributed by atoms with van der Waals surface area (Å²) < 4.78 is 0. The molecule has 1 aromatic heterocycles. The zero-order chi connectivity index (χ0) is 13.4. The van der Waals surface area contributed by atoms with Gasteiger partial charge in [0.25, 0.3) is 5.91 Å². The number of nitrogen functional groups attached to an aromatic ring is 1. The van der Waals surface area contributed by atoms with E-state index in [0.29, 0.717) is 37.1 Å². The normalized spacial score (nSPS) is 9.83. The fraction of sp³-hybridized carbons (Fsp3) is 0.364. The fourth-order valence-electron chi connectivity index (χ4n) is 1.43. The van der Waals surface area contributed by atoms with Gasteiger partial charge in [0.1, 0.15) is 0 Å². The van der Waals surface area contributed by atoms with Gasteiger partial charge < -0.3 is 16.5 Å². The molecule has 0 saturated heterocycles. The van der Waals surface area contributed by atoms with Gasteiger partial charge in [0, 0.05) is 19.2 Å². The summed E-state index contributed by atoms with van der Waals surface area (Å²) in [5, 5.41) is 2.73. The largest absolute Gasteiger partial charge is 0.370 e. The Labute approximate surface area is 105 Å². The number of nitrogens with one attached hydrogen (secondary N) is 2. The van der Waals surface area contributed by atoms with Gasteiger partial charge in [-0.05, 0) is 18.9 Å². The molecule has 0 bridgehead atoms. The third kappa shape index (κ3) is 4.38. The first-order valence-electron chi connectivity index (χ1n) is 5.62. The second-order valence-electron chi connectivity index (χ2n) is 3.74. The van der Waals surface area contributed by atoms with Crippen molar-refractivity contribution in [1.82, 2.24) is 10.3 Å². The van der Waals surface area contributed by atoms with Crippen LogP contribution < -0.4 is 22.3 Å². The van der Waals surface area contributed by atoms with Crippen LogP contribution in [0.25, 0.3) is 0 Å². The van der Waals surface area contributed by atoms with Crippen molar-refractivity contribution in [3.05, 3.63) is 24.0 Å². The van der Waals surface area contributed by atoms with Crippen LogP contribution in [0.15, 0.2) is 18.5 Å². The van der Waals surface area contributed by atoms with Crippen molar-refractivity contribution in [3.63, 3.8) is 0 Å². The number of rotatable bonds is 7. The lowest BCUT2D eigenvalue weighted by atomic mass is 10.2. The Morgan fingerprint density at radius 2 is 2.11 bits per heavy atom. The van der Waals surface area contributed by atoms with Gasteiger partial charge in [0.05, 0.1) is 17.4 Å². The number of aromatic nitrogens is 1. The molecule has 7 heteroatoms. The molecule has 2 amide bonds. The number of anilines is 1. The summed E-state index contributed by atoms with van der Waals surface area (Å²) in [5.74, 6) is 4.72. The lowest BCUT2D eigenvalue weighted by Gasteiger charge is -2.08. The molecule has 0 radical (unpaired) electrons. The average molecular weight is 251 g/mol. The molecule has 0 aliphatic heterocycles. The number of carbonyl (C=O) groups excluding carboxylic acids is 2. The smallest absolute Gasteiger partial charge is 0.253 e. The highest BCUT2D eigenvalue weighted by Crippen LogP contribution is 2.11. The van der Waals surface area contributed by atoms with Gasteiger partial charge in [-0.1, -0.05) is 0 Å². The van der Waals surface area contributed by atoms with E-state index in [4.69, 9.17) is 11.6 Å². The minimum atomic E-state index is -0.329. The Kier molecular flexibility index (Phi) is 5.59. The molecule has 0 atom stereocenters. The summed E-state index contributed by atoms with van der Waals surface area (Å²) >= 11 is 0. The van der Waals surface area contributed by atoms with Gasteiger partial charge in [0.15, 0.2) is 0 Å². The molecule has 0 unspecified atom stereocenters. The fourth-order valence-corrected chi connectivity index (χ4v) is 1.43. The molecular formula is C11H17N5O2. The summed E-state index contributed by atoms with van der Waals surface area (Å²) in [4.78, 5) is 26.2. The second kappa shape index (κ2) is 7.23. The number of hydrazine groups is 1. The van der Waals surface area contributed by atoms with Crippen LogP contribution in [0.3, 0.4) is 0 Å². The van der Waals surface area contributed by atoms with Gasteiger partial charge in [-0.2, -0.15) is 0 Å². The summed E-state index contributed by atoms with van der Waals surface area (Å²) in [7, 11) is 0. The number of hydrogen-bond acceptors (Lipinski definition) is 5. The summed E-state index contributed by atoms with van der Waals surface area (Å²) in [6.07, 6.45) is 4.69. The van der Waals surface area contributed by atoms with Crippen LogP contribution in [0.2, 0.25) is 0 Å². The van der Waals surface area contributed by atoms with Crippen LogP contribution in [0.4, 0.5) is 5.69 Å². The van der Waals surface area contributed by atoms with Crippen molar-refractivity contribution in [3.8, 4) is 0 Å². The molecule has 1 heterocycles. The predicted octanol–water partition coefficient (Wildman–Crippen LogP) is -0.247. The van der Waals surface area contributed by atoms with Crippen LogP contribution in [0.1, 0.15) is 29.6 Å². The van der Waals surface area contributed by atoms with E-state index in [9.17, 15) is 9.59 Å². The van der Waals surface area contributed by atoms with Gasteiger partial charge in [0.2, 0.25) is 5.91 Å². The molecule has 6 N–H and O–H groups in total. The number of primary amides is 1. The van der Waals surface area contributed by atoms with E-state index in [1.165, 1.54) is 12.4 Å². The Bertz CT molecular complexity index is 422. The number of pyridine rings is 1. The van der Waals surface area contributed by atoms with Crippen LogP contribution in [-0.4, -0.2) is 23.3 Å². The molecule has 0 fully saturated rings. The van der Waals surface area contributed by atoms with Crippen molar-refractivity contribution >= 4 is 17.5 Å². The maximum Gasteiger partial charge on any atom is 0.253 e. The van der Waals surface area contributed by atoms with Gasteiger partial charge in [-0.25, -0.2) is 0 Å². The van der Waals surface area contributed by atoms with Crippen LogP contribution in [-0.2, 0) is 4.79 Å². The van der Waals surface area contributed by atoms with E-state index in [1.54, 1.807) is 6.07 Å². The van der Waals surface area contributed by atoms with Gasteiger partial charge in [-0.15, -0.1) is 0 Å². The topological polar surface area (TPSA) is 123 Å². The lowest BCUT2D eigenvalue weighted by molar-refractivity contribution is -0.118. The minimum absolute atomic E-state index is 0.232. The average Bonchev–Trinajstić information content (AvgIpc) is 2.37. The molecule has 18 heavy (non-hydrogen) atoms. The van der Waals surface area contributed by atoms with Crippen molar-refractivity contribution in [1.29, 1.82) is 0 Å². The standard InChI is InChI=1S/C11H17N5O2/c12-10(17)3-1-2-5-15-11(18)8-4-6-14-7-9(8)16-13/h4,6-7,16H,1-3,5,13H2,(H2,12,17)(H,15,18). The molecule has 98 valence electrons. The van der Waals surface area contributed by atoms with E-state index < -0.39 is 0 Å². The zero-order valence-corrected chi connectivity index (χ0v) is 9.98. The number of nitrogens with two attached hydrogens (primary N) is 2. The highest BCUT2D eigenvalue weighted by molar-refractivity contribution is 5.99. The predicted molar refractivity (Wildman–Crippen MR) is 67.4 cm³/mol. The Hall–Kier alpha value is -2.15. The SMILES string of the molecule is NNc1cnccc1C(=O)NCCCCC(N)=O. The Balaban J connectivity index is 2.38. The molecule has 0 aromatic carbocycles. The summed E-state index contributed by atoms with van der Waals surface area (Å²) in [5.41, 5.74) is 8.31. The monoisotopic (exact) mass is 251 g/mol. The Morgan fingerprint density at radius 3 is 2.78 bits per heavy atom. The van der Waals surface area contributed by atoms with Crippen LogP contribution >= 0.6 is 0 Å². The van der Waals surface area contributed by atoms with Gasteiger partial charge >= 0.3 is 0 Å². The second-order valence-corrected chi connectivity index (χ2v) is 3.74. The molecule has 0 saturated carbocycles. The molecule has 7 nitrogen and oxygen atoms in total. The number of hydrogen-bond donors (Lipinski definition) is 4. The quantitative estimate of drug-likeness (QED) is 0.302. The van der Waals surface area contributed by atoms with E-state index >= 15 is 0 Å². The zero-order valence-electron chi connectivity index (χ0n) is 9.98. The molecule has 0 spiro atoms. The third-order valence-electron chi connectivity index (χ3n) is 2.36. The highest BCUT2D eigenvalue weighted by Gasteiger charge is 2.09. The van der Waals surface area contributed by atoms with E-state index in [0.717, 1.165) is 0 Å². The van der Waals surface area contributed by atoms with Crippen molar-refractivity contribution in [2.24, 2.45) is 11.6 Å². The van der Waals surface area contributed by atoms with E-state index in [2.05, 4.69) is 15.7 Å². The first-order chi connectivity index (χ1) is 8.65. The van der Waals surface area contributed by atoms with Crippen molar-refractivity contribution in [2.45, 2.75) is 19.3 Å². The molecular weight excluding hydrogens is 234 g/mol. The maximum atomic E-state index is 11.8. The first-order valence-corrected chi connectivity index (χ1v) is 5.62. The number of carbonyl (C=O) groups is 2. The third-order valence-corrected chi connectivity index (χ3v) is 2.36. The summed E-state index contributed by atoms with van der Waals surface area (Å²) in [6.45, 7) is 0.485. The summed E-state index contributed by atoms with van der Waals surface area (Å²) in [6, 6.07) is 1.58. The number of unbranched alkanes of at least 4 members (excludes halogenated alkanes) is 1.